The van der Waals surface area contributed by atoms with E-state index in [1.54, 1.807) is 24.3 Å². The van der Waals surface area contributed by atoms with Gasteiger partial charge in [-0.2, -0.15) is 0 Å². The first-order valence-electron chi connectivity index (χ1n) is 5.69. The average Bonchev–Trinajstić information content (AvgIpc) is 2.25. The molecule has 0 aliphatic heterocycles. The Labute approximate surface area is 103 Å². The first kappa shape index (κ1) is 13.6. The summed E-state index contributed by atoms with van der Waals surface area (Å²) in [7, 11) is -1.49. The third-order valence-electron chi connectivity index (χ3n) is 2.28. The Morgan fingerprint density at radius 2 is 1.65 bits per heavy atom. The number of nitrogens with zero attached hydrogens (tertiary/aromatic N) is 1. The zero-order chi connectivity index (χ0) is 13.1. The number of hydrogen-bond acceptors (Lipinski definition) is 2. The molecular weight excluding hydrogens is 230 g/mol. The zero-order valence-corrected chi connectivity index (χ0v) is 11.9. The van der Waals surface area contributed by atoms with Crippen LogP contribution in [0.1, 0.15) is 17.3 Å². The molecule has 0 aliphatic rings. The SMILES string of the molecule is CC(=O)N(C[Si](C)(C)C)C(=O)c1ccccc1. The highest BCUT2D eigenvalue weighted by Gasteiger charge is 2.26. The topological polar surface area (TPSA) is 37.4 Å². The van der Waals surface area contributed by atoms with Gasteiger partial charge in [0.25, 0.3) is 5.91 Å². The van der Waals surface area contributed by atoms with E-state index >= 15 is 0 Å². The molecule has 3 nitrogen and oxygen atoms in total. The van der Waals surface area contributed by atoms with Crippen LogP contribution in [0.4, 0.5) is 0 Å². The van der Waals surface area contributed by atoms with E-state index in [1.807, 2.05) is 6.07 Å². The van der Waals surface area contributed by atoms with Crippen LogP contribution in [0.25, 0.3) is 0 Å². The number of imide groups is 1. The molecular formula is C13H19NO2Si. The lowest BCUT2D eigenvalue weighted by Gasteiger charge is -2.26. The number of amides is 2. The second-order valence-electron chi connectivity index (χ2n) is 5.34. The molecule has 0 unspecified atom stereocenters. The van der Waals surface area contributed by atoms with Crippen LogP contribution in [-0.4, -0.2) is 31.0 Å². The largest absolute Gasteiger partial charge is 0.282 e. The fourth-order valence-corrected chi connectivity index (χ4v) is 2.85. The van der Waals surface area contributed by atoms with Crippen LogP contribution < -0.4 is 0 Å². The van der Waals surface area contributed by atoms with E-state index in [1.165, 1.54) is 11.8 Å². The number of hydrogen-bond donors (Lipinski definition) is 0. The maximum absolute atomic E-state index is 12.2. The van der Waals surface area contributed by atoms with Crippen molar-refractivity contribution in [3.05, 3.63) is 35.9 Å². The molecule has 17 heavy (non-hydrogen) atoms. The van der Waals surface area contributed by atoms with Crippen molar-refractivity contribution in [3.63, 3.8) is 0 Å². The molecule has 0 bridgehead atoms. The fraction of sp³-hybridized carbons (Fsp3) is 0.385. The molecule has 1 aromatic rings. The number of carbonyl (C=O) groups excluding carboxylic acids is 2. The van der Waals surface area contributed by atoms with Crippen LogP contribution in [0, 0.1) is 0 Å². The molecule has 0 N–H and O–H groups in total. The minimum absolute atomic E-state index is 0.179. The van der Waals surface area contributed by atoms with Gasteiger partial charge in [0.2, 0.25) is 5.91 Å². The van der Waals surface area contributed by atoms with E-state index in [-0.39, 0.29) is 11.8 Å². The summed E-state index contributed by atoms with van der Waals surface area (Å²) in [4.78, 5) is 25.1. The van der Waals surface area contributed by atoms with Gasteiger partial charge in [0.15, 0.2) is 0 Å². The van der Waals surface area contributed by atoms with Crippen LogP contribution in [-0.2, 0) is 4.79 Å². The van der Waals surface area contributed by atoms with E-state index in [0.717, 1.165) is 0 Å². The van der Waals surface area contributed by atoms with Gasteiger partial charge >= 0.3 is 0 Å². The maximum atomic E-state index is 12.2. The molecule has 0 aromatic heterocycles. The van der Waals surface area contributed by atoms with Crippen molar-refractivity contribution in [1.29, 1.82) is 0 Å². The van der Waals surface area contributed by atoms with Gasteiger partial charge in [-0.3, -0.25) is 14.5 Å². The van der Waals surface area contributed by atoms with Crippen molar-refractivity contribution in [1.82, 2.24) is 4.90 Å². The molecule has 0 fully saturated rings. The molecule has 4 heteroatoms. The smallest absolute Gasteiger partial charge is 0.260 e. The molecule has 1 rings (SSSR count). The highest BCUT2D eigenvalue weighted by molar-refractivity contribution is 6.76. The van der Waals surface area contributed by atoms with Crippen LogP contribution >= 0.6 is 0 Å². The quantitative estimate of drug-likeness (QED) is 0.772. The second kappa shape index (κ2) is 5.27. The normalized spacial score (nSPS) is 11.1. The van der Waals surface area contributed by atoms with Crippen molar-refractivity contribution >= 4 is 19.9 Å². The van der Waals surface area contributed by atoms with Gasteiger partial charge in [0.05, 0.1) is 8.07 Å². The van der Waals surface area contributed by atoms with Gasteiger partial charge in [-0.25, -0.2) is 0 Å². The lowest BCUT2D eigenvalue weighted by molar-refractivity contribution is -0.125. The Balaban J connectivity index is 2.93. The van der Waals surface area contributed by atoms with Gasteiger partial charge in [-0.15, -0.1) is 0 Å². The van der Waals surface area contributed by atoms with Crippen molar-refractivity contribution in [2.75, 3.05) is 6.17 Å². The first-order chi connectivity index (χ1) is 7.81. The molecule has 0 spiro atoms. The summed E-state index contributed by atoms with van der Waals surface area (Å²) in [6.07, 6.45) is 0.566. The summed E-state index contributed by atoms with van der Waals surface area (Å²) in [5.41, 5.74) is 0.570. The van der Waals surface area contributed by atoms with Crippen molar-refractivity contribution in [2.24, 2.45) is 0 Å². The van der Waals surface area contributed by atoms with Crippen molar-refractivity contribution in [2.45, 2.75) is 26.6 Å². The minimum atomic E-state index is -1.49. The van der Waals surface area contributed by atoms with E-state index in [0.29, 0.717) is 11.7 Å². The molecule has 0 heterocycles. The Morgan fingerprint density at radius 3 is 2.06 bits per heavy atom. The predicted molar refractivity (Wildman–Crippen MR) is 71.5 cm³/mol. The van der Waals surface area contributed by atoms with E-state index in [4.69, 9.17) is 0 Å². The molecule has 0 saturated heterocycles. The summed E-state index contributed by atoms with van der Waals surface area (Å²) in [6.45, 7) is 7.87. The monoisotopic (exact) mass is 249 g/mol. The van der Waals surface area contributed by atoms with E-state index < -0.39 is 8.07 Å². The van der Waals surface area contributed by atoms with Crippen LogP contribution in [0.2, 0.25) is 19.6 Å². The third kappa shape index (κ3) is 4.15. The molecule has 0 saturated carbocycles. The van der Waals surface area contributed by atoms with Gasteiger partial charge in [-0.1, -0.05) is 37.8 Å². The highest BCUT2D eigenvalue weighted by atomic mass is 28.3. The maximum Gasteiger partial charge on any atom is 0.260 e. The number of benzene rings is 1. The minimum Gasteiger partial charge on any atom is -0.282 e. The lowest BCUT2D eigenvalue weighted by atomic mass is 10.2. The third-order valence-corrected chi connectivity index (χ3v) is 3.54. The Bertz CT molecular complexity index is 409. The lowest BCUT2D eigenvalue weighted by Crippen LogP contribution is -2.46. The standard InChI is InChI=1S/C13H19NO2Si/c1-11(15)14(10-17(2,3)4)13(16)12-8-6-5-7-9-12/h5-9H,10H2,1-4H3. The molecule has 2 amide bonds. The molecule has 0 aliphatic carbocycles. The predicted octanol–water partition coefficient (Wildman–Crippen LogP) is 2.55. The fourth-order valence-electron chi connectivity index (χ4n) is 1.54. The summed E-state index contributed by atoms with van der Waals surface area (Å²) in [6, 6.07) is 8.94. The van der Waals surface area contributed by atoms with Gasteiger partial charge in [0, 0.05) is 18.7 Å². The van der Waals surface area contributed by atoms with Crippen LogP contribution in [0.5, 0.6) is 0 Å². The number of carbonyl (C=O) groups is 2. The summed E-state index contributed by atoms with van der Waals surface area (Å²) >= 11 is 0. The first-order valence-corrected chi connectivity index (χ1v) is 9.39. The second-order valence-corrected chi connectivity index (χ2v) is 10.8. The zero-order valence-electron chi connectivity index (χ0n) is 10.9. The Hall–Kier alpha value is -1.42. The summed E-state index contributed by atoms with van der Waals surface area (Å²) in [5, 5.41) is 0. The van der Waals surface area contributed by atoms with E-state index in [2.05, 4.69) is 19.6 Å². The van der Waals surface area contributed by atoms with E-state index in [9.17, 15) is 9.59 Å². The van der Waals surface area contributed by atoms with Crippen molar-refractivity contribution in [3.8, 4) is 0 Å². The Kier molecular flexibility index (Phi) is 4.23. The van der Waals surface area contributed by atoms with Gasteiger partial charge in [0.1, 0.15) is 0 Å². The molecule has 92 valence electrons. The van der Waals surface area contributed by atoms with Crippen molar-refractivity contribution < 1.29 is 9.59 Å². The Morgan fingerprint density at radius 1 is 1.12 bits per heavy atom. The van der Waals surface area contributed by atoms with Gasteiger partial charge in [-0.05, 0) is 12.1 Å². The van der Waals surface area contributed by atoms with Crippen LogP contribution in [0.3, 0.4) is 0 Å². The average molecular weight is 249 g/mol. The van der Waals surface area contributed by atoms with Gasteiger partial charge < -0.3 is 0 Å². The molecule has 1 aromatic carbocycles. The summed E-state index contributed by atoms with van der Waals surface area (Å²) in [5.74, 6) is -0.373. The summed E-state index contributed by atoms with van der Waals surface area (Å²) < 4.78 is 0. The number of rotatable bonds is 3. The highest BCUT2D eigenvalue weighted by Crippen LogP contribution is 2.10. The molecule has 0 atom stereocenters. The van der Waals surface area contributed by atoms with Crippen LogP contribution in [0.15, 0.2) is 30.3 Å². The molecule has 0 radical (unpaired) electrons.